The highest BCUT2D eigenvalue weighted by Gasteiger charge is 2.31. The summed E-state index contributed by atoms with van der Waals surface area (Å²) >= 11 is 6.04. The molecule has 1 saturated heterocycles. The first-order valence-electron chi connectivity index (χ1n) is 9.88. The van der Waals surface area contributed by atoms with Gasteiger partial charge < -0.3 is 14.9 Å². The van der Waals surface area contributed by atoms with Gasteiger partial charge in [0, 0.05) is 17.9 Å². The first kappa shape index (κ1) is 18.9. The lowest BCUT2D eigenvalue weighted by molar-refractivity contribution is -0.114. The number of hydrogen-bond donors (Lipinski definition) is 2. The molecular formula is C23H27ClO3. The summed E-state index contributed by atoms with van der Waals surface area (Å²) in [5, 5.41) is 20.5. The van der Waals surface area contributed by atoms with Crippen LogP contribution in [0.25, 0.3) is 0 Å². The van der Waals surface area contributed by atoms with Crippen molar-refractivity contribution in [2.75, 3.05) is 6.61 Å². The molecule has 2 aromatic rings. The van der Waals surface area contributed by atoms with Crippen molar-refractivity contribution in [2.45, 2.75) is 63.8 Å². The van der Waals surface area contributed by atoms with E-state index in [1.165, 1.54) is 39.8 Å². The summed E-state index contributed by atoms with van der Waals surface area (Å²) in [6, 6.07) is 10.3. The minimum Gasteiger partial charge on any atom is -0.394 e. The summed E-state index contributed by atoms with van der Waals surface area (Å²) in [4.78, 5) is 0. The van der Waals surface area contributed by atoms with Gasteiger partial charge >= 0.3 is 0 Å². The molecule has 4 rings (SSSR count). The van der Waals surface area contributed by atoms with E-state index in [1.54, 1.807) is 0 Å². The standard InChI is InChI=1S/C23H27ClO3/c1-14-20-3-2-4-21(20)16(9-15-5-7-17(24)8-6-15)10-22(14)23-12-18(26)11-19(13-25)27-23/h5-8,10,18-19,23,25-26H,2-4,9,11-13H2,1H3. The molecule has 2 aromatic carbocycles. The number of rotatable bonds is 4. The Morgan fingerprint density at radius 1 is 1.11 bits per heavy atom. The van der Waals surface area contributed by atoms with Gasteiger partial charge in [-0.1, -0.05) is 29.8 Å². The van der Waals surface area contributed by atoms with Crippen molar-refractivity contribution in [2.24, 2.45) is 0 Å². The van der Waals surface area contributed by atoms with Crippen LogP contribution in [0.4, 0.5) is 0 Å². The molecule has 27 heavy (non-hydrogen) atoms. The van der Waals surface area contributed by atoms with E-state index in [9.17, 15) is 10.2 Å². The highest BCUT2D eigenvalue weighted by Crippen LogP contribution is 2.39. The third-order valence-corrected chi connectivity index (χ3v) is 6.31. The van der Waals surface area contributed by atoms with Gasteiger partial charge in [-0.2, -0.15) is 0 Å². The van der Waals surface area contributed by atoms with Crippen molar-refractivity contribution in [1.82, 2.24) is 0 Å². The number of ether oxygens (including phenoxy) is 1. The quantitative estimate of drug-likeness (QED) is 0.823. The Labute approximate surface area is 165 Å². The fourth-order valence-corrected chi connectivity index (χ4v) is 4.82. The van der Waals surface area contributed by atoms with Gasteiger partial charge in [-0.15, -0.1) is 0 Å². The number of aliphatic hydroxyl groups excluding tert-OH is 2. The third-order valence-electron chi connectivity index (χ3n) is 6.06. The van der Waals surface area contributed by atoms with Crippen molar-refractivity contribution in [3.8, 4) is 0 Å². The molecule has 3 unspecified atom stereocenters. The summed E-state index contributed by atoms with van der Waals surface area (Å²) in [7, 11) is 0. The average Bonchev–Trinajstić information content (AvgIpc) is 3.16. The molecule has 2 aliphatic rings. The second-order valence-electron chi connectivity index (χ2n) is 7.92. The highest BCUT2D eigenvalue weighted by atomic mass is 35.5. The number of benzene rings is 2. The van der Waals surface area contributed by atoms with E-state index in [4.69, 9.17) is 16.3 Å². The van der Waals surface area contributed by atoms with Gasteiger partial charge in [0.1, 0.15) is 0 Å². The number of hydrogen-bond acceptors (Lipinski definition) is 3. The maximum absolute atomic E-state index is 10.3. The van der Waals surface area contributed by atoms with E-state index >= 15 is 0 Å². The topological polar surface area (TPSA) is 49.7 Å². The van der Waals surface area contributed by atoms with Crippen LogP contribution < -0.4 is 0 Å². The van der Waals surface area contributed by atoms with Crippen LogP contribution in [0.1, 0.15) is 58.7 Å². The lowest BCUT2D eigenvalue weighted by atomic mass is 9.86. The van der Waals surface area contributed by atoms with E-state index in [0.717, 1.165) is 24.3 Å². The predicted octanol–water partition coefficient (Wildman–Crippen LogP) is 4.30. The van der Waals surface area contributed by atoms with Crippen molar-refractivity contribution in [3.05, 3.63) is 68.7 Å². The molecule has 2 N–H and O–H groups in total. The summed E-state index contributed by atoms with van der Waals surface area (Å²) in [5.74, 6) is 0. The van der Waals surface area contributed by atoms with Gasteiger partial charge in [0.25, 0.3) is 0 Å². The molecule has 1 fully saturated rings. The minimum atomic E-state index is -0.423. The number of halogens is 1. The van der Waals surface area contributed by atoms with E-state index in [0.29, 0.717) is 12.8 Å². The number of aliphatic hydroxyl groups is 2. The van der Waals surface area contributed by atoms with Crippen LogP contribution in [-0.4, -0.2) is 29.0 Å². The normalized spacial score (nSPS) is 24.8. The molecule has 1 aliphatic heterocycles. The van der Waals surface area contributed by atoms with Crippen molar-refractivity contribution in [1.29, 1.82) is 0 Å². The molecule has 0 amide bonds. The molecule has 4 heteroatoms. The van der Waals surface area contributed by atoms with Crippen LogP contribution >= 0.6 is 11.6 Å². The molecule has 0 radical (unpaired) electrons. The Morgan fingerprint density at radius 2 is 1.85 bits per heavy atom. The number of fused-ring (bicyclic) bond motifs is 1. The first-order valence-corrected chi connectivity index (χ1v) is 10.3. The fraction of sp³-hybridized carbons (Fsp3) is 0.478. The van der Waals surface area contributed by atoms with Crippen LogP contribution in [0.15, 0.2) is 30.3 Å². The molecule has 0 saturated carbocycles. The SMILES string of the molecule is Cc1c(C2CC(O)CC(CO)O2)cc(Cc2ccc(Cl)cc2)c2c1CCC2. The molecule has 0 bridgehead atoms. The van der Waals surface area contributed by atoms with Crippen LogP contribution in [0, 0.1) is 6.92 Å². The summed E-state index contributed by atoms with van der Waals surface area (Å²) < 4.78 is 6.13. The van der Waals surface area contributed by atoms with Gasteiger partial charge in [0.2, 0.25) is 0 Å². The monoisotopic (exact) mass is 386 g/mol. The molecular weight excluding hydrogens is 360 g/mol. The second-order valence-corrected chi connectivity index (χ2v) is 8.35. The van der Waals surface area contributed by atoms with Crippen LogP contribution in [0.2, 0.25) is 5.02 Å². The zero-order valence-electron chi connectivity index (χ0n) is 15.7. The second kappa shape index (κ2) is 7.92. The molecule has 1 aliphatic carbocycles. The van der Waals surface area contributed by atoms with E-state index in [1.807, 2.05) is 12.1 Å². The molecule has 3 nitrogen and oxygen atoms in total. The van der Waals surface area contributed by atoms with E-state index in [2.05, 4.69) is 25.1 Å². The smallest absolute Gasteiger partial charge is 0.0857 e. The lowest BCUT2D eigenvalue weighted by Gasteiger charge is -2.34. The maximum atomic E-state index is 10.3. The van der Waals surface area contributed by atoms with Gasteiger partial charge in [0.05, 0.1) is 24.9 Å². The minimum absolute atomic E-state index is 0.0464. The van der Waals surface area contributed by atoms with Crippen LogP contribution in [0.5, 0.6) is 0 Å². The molecule has 3 atom stereocenters. The Balaban J connectivity index is 1.71. The summed E-state index contributed by atoms with van der Waals surface area (Å²) in [5.41, 5.74) is 8.03. The predicted molar refractivity (Wildman–Crippen MR) is 107 cm³/mol. The fourth-order valence-electron chi connectivity index (χ4n) is 4.69. The molecule has 0 aromatic heterocycles. The molecule has 1 heterocycles. The average molecular weight is 387 g/mol. The zero-order valence-corrected chi connectivity index (χ0v) is 16.5. The lowest BCUT2D eigenvalue weighted by Crippen LogP contribution is -2.34. The van der Waals surface area contributed by atoms with E-state index in [-0.39, 0.29) is 18.8 Å². The Kier molecular flexibility index (Phi) is 5.56. The van der Waals surface area contributed by atoms with Crippen molar-refractivity contribution in [3.63, 3.8) is 0 Å². The maximum Gasteiger partial charge on any atom is 0.0857 e. The highest BCUT2D eigenvalue weighted by molar-refractivity contribution is 6.30. The van der Waals surface area contributed by atoms with Gasteiger partial charge in [0.15, 0.2) is 0 Å². The van der Waals surface area contributed by atoms with Gasteiger partial charge in [-0.05, 0) is 78.1 Å². The largest absolute Gasteiger partial charge is 0.394 e. The van der Waals surface area contributed by atoms with Crippen LogP contribution in [0.3, 0.4) is 0 Å². The van der Waals surface area contributed by atoms with Crippen LogP contribution in [-0.2, 0) is 24.0 Å². The Morgan fingerprint density at radius 3 is 2.59 bits per heavy atom. The van der Waals surface area contributed by atoms with Crippen molar-refractivity contribution >= 4 is 11.6 Å². The third kappa shape index (κ3) is 3.93. The van der Waals surface area contributed by atoms with Gasteiger partial charge in [-0.25, -0.2) is 0 Å². The summed E-state index contributed by atoms with van der Waals surface area (Å²) in [6.45, 7) is 2.14. The zero-order chi connectivity index (χ0) is 19.0. The Bertz CT molecular complexity index is 815. The summed E-state index contributed by atoms with van der Waals surface area (Å²) in [6.07, 6.45) is 4.56. The van der Waals surface area contributed by atoms with Gasteiger partial charge in [-0.3, -0.25) is 0 Å². The Hall–Kier alpha value is -1.39. The first-order chi connectivity index (χ1) is 13.0. The molecule has 0 spiro atoms. The molecule has 144 valence electrons. The van der Waals surface area contributed by atoms with E-state index < -0.39 is 6.10 Å². The van der Waals surface area contributed by atoms with Crippen molar-refractivity contribution < 1.29 is 14.9 Å².